The van der Waals surface area contributed by atoms with Crippen molar-refractivity contribution in [3.8, 4) is 0 Å². The highest BCUT2D eigenvalue weighted by molar-refractivity contribution is 5.95. The number of carbonyl (C=O) groups is 5. The maximum atomic E-state index is 14.5. The summed E-state index contributed by atoms with van der Waals surface area (Å²) in [7, 11) is 1.69. The fourth-order valence-electron chi connectivity index (χ4n) is 8.94. The first kappa shape index (κ1) is 39.9. The van der Waals surface area contributed by atoms with E-state index in [0.29, 0.717) is 26.1 Å². The van der Waals surface area contributed by atoms with Crippen LogP contribution in [0.4, 0.5) is 4.79 Å². The number of amides is 6. The second-order valence-corrected chi connectivity index (χ2v) is 16.1. The van der Waals surface area contributed by atoms with Gasteiger partial charge in [0.05, 0.1) is 0 Å². The molecule has 4 atom stereocenters. The predicted molar refractivity (Wildman–Crippen MR) is 196 cm³/mol. The lowest BCUT2D eigenvalue weighted by Crippen LogP contribution is -2.62. The van der Waals surface area contributed by atoms with Gasteiger partial charge in [0.1, 0.15) is 24.2 Å². The highest BCUT2D eigenvalue weighted by Gasteiger charge is 2.41. The van der Waals surface area contributed by atoms with Crippen LogP contribution in [0.3, 0.4) is 0 Å². The summed E-state index contributed by atoms with van der Waals surface area (Å²) in [5, 5.41) is 12.4. The molecule has 0 spiro atoms. The van der Waals surface area contributed by atoms with Crippen molar-refractivity contribution < 1.29 is 24.0 Å². The van der Waals surface area contributed by atoms with Gasteiger partial charge in [-0.15, -0.1) is 0 Å². The Morgan fingerprint density at radius 1 is 0.600 bits per heavy atom. The zero-order chi connectivity index (χ0) is 36.0. The molecule has 3 aliphatic carbocycles. The second kappa shape index (κ2) is 20.3. The van der Waals surface area contributed by atoms with E-state index < -0.39 is 24.2 Å². The lowest BCUT2D eigenvalue weighted by molar-refractivity contribution is -0.144. The number of rotatable bonds is 14. The fourth-order valence-corrected chi connectivity index (χ4v) is 8.94. The normalized spacial score (nSPS) is 22.1. The van der Waals surface area contributed by atoms with Gasteiger partial charge in [-0.2, -0.15) is 0 Å². The van der Waals surface area contributed by atoms with Gasteiger partial charge in [-0.25, -0.2) is 4.79 Å². The molecule has 4 rings (SSSR count). The standard InChI is InChI=1S/C39H68N6O5/c1-5-40-35(46)31(26-27(2)3)44(4)38(49)34(30-22-14-8-15-23-30)42-36(47)32(28-18-10-6-11-19-28)41-37(48)33(29-20-12-7-13-21-29)43-39(50)45-24-16-9-17-25-45/h27-34H,5-26H2,1-4H3,(H,40,46)(H,41,48)(H,42,47)(H,43,50)/t31-,32-,33-,34-/m1/s1. The molecule has 1 aliphatic heterocycles. The first-order valence-electron chi connectivity index (χ1n) is 20.3. The largest absolute Gasteiger partial charge is 0.355 e. The second-order valence-electron chi connectivity index (χ2n) is 16.1. The van der Waals surface area contributed by atoms with E-state index in [0.717, 1.165) is 116 Å². The lowest BCUT2D eigenvalue weighted by atomic mass is 9.80. The SMILES string of the molecule is CCNC(=O)[C@@H](CC(C)C)N(C)C(=O)[C@H](NC(=O)[C@H](NC(=O)[C@H](NC(=O)N1CCCCC1)C1CCCCC1)C1CCCCC1)C1CCCCC1. The molecule has 0 aromatic rings. The molecular formula is C39H68N6O5. The van der Waals surface area contributed by atoms with Crippen LogP contribution in [0.5, 0.6) is 0 Å². The Kier molecular flexibility index (Phi) is 16.2. The summed E-state index contributed by atoms with van der Waals surface area (Å²) in [6.07, 6.45) is 17.9. The number of likely N-dealkylation sites (N-methyl/N-ethyl adjacent to an activating group) is 2. The van der Waals surface area contributed by atoms with E-state index in [-0.39, 0.29) is 53.3 Å². The molecule has 1 saturated heterocycles. The quantitative estimate of drug-likeness (QED) is 0.196. The molecule has 0 bridgehead atoms. The monoisotopic (exact) mass is 701 g/mol. The number of piperidine rings is 1. The molecule has 3 saturated carbocycles. The predicted octanol–water partition coefficient (Wildman–Crippen LogP) is 5.27. The molecule has 0 unspecified atom stereocenters. The lowest BCUT2D eigenvalue weighted by Gasteiger charge is -2.38. The summed E-state index contributed by atoms with van der Waals surface area (Å²) in [6, 6.07) is -3.13. The molecule has 0 radical (unpaired) electrons. The van der Waals surface area contributed by atoms with Gasteiger partial charge in [-0.3, -0.25) is 19.2 Å². The minimum Gasteiger partial charge on any atom is -0.355 e. The van der Waals surface area contributed by atoms with E-state index in [1.54, 1.807) is 11.9 Å². The van der Waals surface area contributed by atoms with Gasteiger partial charge < -0.3 is 31.1 Å². The van der Waals surface area contributed by atoms with Gasteiger partial charge in [0.2, 0.25) is 23.6 Å². The number of urea groups is 1. The maximum absolute atomic E-state index is 14.5. The van der Waals surface area contributed by atoms with Crippen molar-refractivity contribution >= 4 is 29.7 Å². The maximum Gasteiger partial charge on any atom is 0.318 e. The van der Waals surface area contributed by atoms with Crippen LogP contribution in [0.15, 0.2) is 0 Å². The minimum absolute atomic E-state index is 0.0185. The third kappa shape index (κ3) is 11.3. The molecule has 284 valence electrons. The van der Waals surface area contributed by atoms with Gasteiger partial charge in [-0.1, -0.05) is 71.6 Å². The highest BCUT2D eigenvalue weighted by atomic mass is 16.2. The zero-order valence-corrected chi connectivity index (χ0v) is 31.6. The molecule has 6 amide bonds. The van der Waals surface area contributed by atoms with Crippen molar-refractivity contribution in [2.24, 2.45) is 23.7 Å². The smallest absolute Gasteiger partial charge is 0.318 e. The fraction of sp³-hybridized carbons (Fsp3) is 0.872. The molecule has 4 N–H and O–H groups in total. The van der Waals surface area contributed by atoms with Crippen LogP contribution in [0.2, 0.25) is 0 Å². The molecular weight excluding hydrogens is 632 g/mol. The number of hydrogen-bond acceptors (Lipinski definition) is 5. The van der Waals surface area contributed by atoms with E-state index in [1.807, 2.05) is 25.7 Å². The molecule has 0 aromatic heterocycles. The van der Waals surface area contributed by atoms with Gasteiger partial charge in [0.15, 0.2) is 0 Å². The van der Waals surface area contributed by atoms with Gasteiger partial charge >= 0.3 is 6.03 Å². The third-order valence-corrected chi connectivity index (χ3v) is 11.9. The third-order valence-electron chi connectivity index (χ3n) is 11.9. The van der Waals surface area contributed by atoms with Crippen molar-refractivity contribution in [2.75, 3.05) is 26.7 Å². The number of likely N-dealkylation sites (tertiary alicyclic amines) is 1. The Morgan fingerprint density at radius 3 is 1.48 bits per heavy atom. The van der Waals surface area contributed by atoms with Gasteiger partial charge in [0, 0.05) is 26.7 Å². The summed E-state index contributed by atoms with van der Waals surface area (Å²) in [4.78, 5) is 73.3. The molecule has 50 heavy (non-hydrogen) atoms. The summed E-state index contributed by atoms with van der Waals surface area (Å²) in [6.45, 7) is 7.81. The number of hydrogen-bond donors (Lipinski definition) is 4. The van der Waals surface area contributed by atoms with Crippen LogP contribution in [0.25, 0.3) is 0 Å². The number of nitrogens with one attached hydrogen (secondary N) is 4. The molecule has 1 heterocycles. The zero-order valence-electron chi connectivity index (χ0n) is 31.6. The van der Waals surface area contributed by atoms with Gasteiger partial charge in [0.25, 0.3) is 0 Å². The van der Waals surface area contributed by atoms with Crippen molar-refractivity contribution in [3.63, 3.8) is 0 Å². The van der Waals surface area contributed by atoms with E-state index in [9.17, 15) is 24.0 Å². The Bertz CT molecular complexity index is 1110. The Balaban J connectivity index is 1.58. The molecule has 4 aliphatic rings. The number of carbonyl (C=O) groups excluding carboxylic acids is 5. The van der Waals surface area contributed by atoms with E-state index in [2.05, 4.69) is 21.3 Å². The van der Waals surface area contributed by atoms with Crippen molar-refractivity contribution in [1.82, 2.24) is 31.1 Å². The van der Waals surface area contributed by atoms with Crippen LogP contribution in [0, 0.1) is 23.7 Å². The number of nitrogens with zero attached hydrogens (tertiary/aromatic N) is 2. The van der Waals surface area contributed by atoms with E-state index in [1.165, 1.54) is 0 Å². The molecule has 0 aromatic carbocycles. The summed E-state index contributed by atoms with van der Waals surface area (Å²) in [5.74, 6) is -0.934. The molecule has 11 heteroatoms. The average Bonchev–Trinajstić information content (AvgIpc) is 3.14. The highest BCUT2D eigenvalue weighted by Crippen LogP contribution is 2.31. The van der Waals surface area contributed by atoms with E-state index in [4.69, 9.17) is 0 Å². The Hall–Kier alpha value is -2.85. The molecule has 11 nitrogen and oxygen atoms in total. The Labute approximate surface area is 301 Å². The van der Waals surface area contributed by atoms with Crippen molar-refractivity contribution in [1.29, 1.82) is 0 Å². The van der Waals surface area contributed by atoms with Crippen LogP contribution < -0.4 is 21.3 Å². The van der Waals surface area contributed by atoms with E-state index >= 15 is 0 Å². The minimum atomic E-state index is -0.806. The van der Waals surface area contributed by atoms with Gasteiger partial charge in [-0.05, 0) is 94.8 Å². The topological polar surface area (TPSA) is 140 Å². The summed E-state index contributed by atoms with van der Waals surface area (Å²) >= 11 is 0. The van der Waals surface area contributed by atoms with Crippen molar-refractivity contribution in [2.45, 2.75) is 167 Å². The molecule has 4 fully saturated rings. The van der Waals surface area contributed by atoms with Crippen LogP contribution in [-0.4, -0.2) is 90.3 Å². The van der Waals surface area contributed by atoms with Crippen molar-refractivity contribution in [3.05, 3.63) is 0 Å². The average molecular weight is 701 g/mol. The van der Waals surface area contributed by atoms with Crippen LogP contribution in [0.1, 0.15) is 143 Å². The Morgan fingerprint density at radius 2 is 1.02 bits per heavy atom. The summed E-state index contributed by atoms with van der Waals surface area (Å²) < 4.78 is 0. The summed E-state index contributed by atoms with van der Waals surface area (Å²) in [5.41, 5.74) is 0. The van der Waals surface area contributed by atoms with Crippen LogP contribution >= 0.6 is 0 Å². The van der Waals surface area contributed by atoms with Crippen LogP contribution in [-0.2, 0) is 19.2 Å². The first-order valence-corrected chi connectivity index (χ1v) is 20.3. The first-order chi connectivity index (χ1) is 24.1.